The average molecular weight is 323 g/mol. The number of para-hydroxylation sites is 1. The van der Waals surface area contributed by atoms with Crippen LogP contribution in [0.3, 0.4) is 0 Å². The van der Waals surface area contributed by atoms with Crippen LogP contribution in [0.2, 0.25) is 0 Å². The SMILES string of the molecule is C(=C\c1nc2c3cccnc3ccn2n1)/c1ccc2ccccc2n1. The van der Waals surface area contributed by atoms with Crippen molar-refractivity contribution in [3.63, 3.8) is 0 Å². The van der Waals surface area contributed by atoms with Crippen LogP contribution in [0, 0.1) is 0 Å². The predicted octanol–water partition coefficient (Wildman–Crippen LogP) is 4.00. The van der Waals surface area contributed by atoms with Gasteiger partial charge in [-0.1, -0.05) is 24.3 Å². The van der Waals surface area contributed by atoms with Crippen LogP contribution >= 0.6 is 0 Å². The zero-order valence-electron chi connectivity index (χ0n) is 13.2. The van der Waals surface area contributed by atoms with Crippen LogP contribution in [0.1, 0.15) is 11.5 Å². The van der Waals surface area contributed by atoms with Gasteiger partial charge in [0.25, 0.3) is 0 Å². The number of hydrogen-bond acceptors (Lipinski definition) is 4. The fourth-order valence-corrected chi connectivity index (χ4v) is 2.91. The molecule has 118 valence electrons. The molecule has 0 radical (unpaired) electrons. The van der Waals surface area contributed by atoms with Crippen LogP contribution in [-0.2, 0) is 0 Å². The summed E-state index contributed by atoms with van der Waals surface area (Å²) in [5, 5.41) is 6.62. The third-order valence-electron chi connectivity index (χ3n) is 4.12. The van der Waals surface area contributed by atoms with Crippen molar-refractivity contribution < 1.29 is 0 Å². The maximum absolute atomic E-state index is 4.63. The normalized spacial score (nSPS) is 11.8. The van der Waals surface area contributed by atoms with Crippen molar-refractivity contribution in [3.8, 4) is 0 Å². The third-order valence-corrected chi connectivity index (χ3v) is 4.12. The molecule has 1 aromatic carbocycles. The van der Waals surface area contributed by atoms with E-state index in [9.17, 15) is 0 Å². The number of nitrogens with zero attached hydrogens (tertiary/aromatic N) is 5. The monoisotopic (exact) mass is 323 g/mol. The minimum Gasteiger partial charge on any atom is -0.256 e. The Morgan fingerprint density at radius 3 is 2.76 bits per heavy atom. The smallest absolute Gasteiger partial charge is 0.175 e. The van der Waals surface area contributed by atoms with Gasteiger partial charge in [-0.3, -0.25) is 4.98 Å². The second-order valence-corrected chi connectivity index (χ2v) is 5.75. The fraction of sp³-hybridized carbons (Fsp3) is 0. The van der Waals surface area contributed by atoms with E-state index in [0.29, 0.717) is 5.82 Å². The summed E-state index contributed by atoms with van der Waals surface area (Å²) in [5.41, 5.74) is 3.57. The molecule has 0 aliphatic rings. The highest BCUT2D eigenvalue weighted by atomic mass is 15.3. The minimum absolute atomic E-state index is 0.645. The maximum Gasteiger partial charge on any atom is 0.175 e. The second kappa shape index (κ2) is 5.49. The number of benzene rings is 1. The van der Waals surface area contributed by atoms with Crippen LogP contribution in [0.25, 0.3) is 39.6 Å². The lowest BCUT2D eigenvalue weighted by atomic mass is 10.2. The highest BCUT2D eigenvalue weighted by Crippen LogP contribution is 2.17. The summed E-state index contributed by atoms with van der Waals surface area (Å²) >= 11 is 0. The molecule has 0 bridgehead atoms. The van der Waals surface area contributed by atoms with Gasteiger partial charge in [-0.2, -0.15) is 0 Å². The van der Waals surface area contributed by atoms with E-state index in [1.54, 1.807) is 10.7 Å². The van der Waals surface area contributed by atoms with E-state index in [0.717, 1.165) is 33.1 Å². The summed E-state index contributed by atoms with van der Waals surface area (Å²) in [5.74, 6) is 0.645. The molecule has 0 spiro atoms. The van der Waals surface area contributed by atoms with Crippen LogP contribution < -0.4 is 0 Å². The van der Waals surface area contributed by atoms with Gasteiger partial charge < -0.3 is 0 Å². The van der Waals surface area contributed by atoms with Crippen molar-refractivity contribution in [2.75, 3.05) is 0 Å². The summed E-state index contributed by atoms with van der Waals surface area (Å²) in [6.45, 7) is 0. The van der Waals surface area contributed by atoms with Gasteiger partial charge in [0, 0.05) is 23.2 Å². The van der Waals surface area contributed by atoms with Crippen molar-refractivity contribution in [3.05, 3.63) is 78.5 Å². The Morgan fingerprint density at radius 2 is 1.76 bits per heavy atom. The summed E-state index contributed by atoms with van der Waals surface area (Å²) in [6, 6.07) is 18.0. The highest BCUT2D eigenvalue weighted by molar-refractivity contribution is 5.91. The van der Waals surface area contributed by atoms with Crippen molar-refractivity contribution in [1.82, 2.24) is 24.6 Å². The molecule has 0 saturated heterocycles. The standard InChI is InChI=1S/C20H13N5/c1-2-6-17-14(4-1)7-8-15(22-17)9-10-19-23-20-16-5-3-12-21-18(16)11-13-25(20)24-19/h1-13H/b10-9+. The molecule has 5 nitrogen and oxygen atoms in total. The molecule has 0 fully saturated rings. The first kappa shape index (κ1) is 13.8. The molecule has 4 heterocycles. The Bertz CT molecular complexity index is 1250. The molecule has 0 aliphatic heterocycles. The van der Waals surface area contributed by atoms with E-state index >= 15 is 0 Å². The van der Waals surface area contributed by atoms with Gasteiger partial charge in [0.05, 0.1) is 16.7 Å². The predicted molar refractivity (Wildman–Crippen MR) is 99.0 cm³/mol. The lowest BCUT2D eigenvalue weighted by Crippen LogP contribution is -1.88. The van der Waals surface area contributed by atoms with Gasteiger partial charge in [0.2, 0.25) is 0 Å². The Hall–Kier alpha value is -3.60. The molecular formula is C20H13N5. The van der Waals surface area contributed by atoms with E-state index in [2.05, 4.69) is 32.2 Å². The largest absolute Gasteiger partial charge is 0.256 e. The number of fused-ring (bicyclic) bond motifs is 4. The zero-order chi connectivity index (χ0) is 16.6. The Kier molecular flexibility index (Phi) is 3.03. The quantitative estimate of drug-likeness (QED) is 0.493. The molecule has 0 amide bonds. The lowest BCUT2D eigenvalue weighted by molar-refractivity contribution is 0.958. The molecular weight excluding hydrogens is 310 g/mol. The third kappa shape index (κ3) is 2.42. The van der Waals surface area contributed by atoms with E-state index in [4.69, 9.17) is 0 Å². The average Bonchev–Trinajstić information content (AvgIpc) is 3.10. The second-order valence-electron chi connectivity index (χ2n) is 5.75. The van der Waals surface area contributed by atoms with Crippen molar-refractivity contribution in [2.24, 2.45) is 0 Å². The Balaban J connectivity index is 1.56. The van der Waals surface area contributed by atoms with Crippen LogP contribution in [0.15, 0.2) is 67.0 Å². The topological polar surface area (TPSA) is 56.0 Å². The van der Waals surface area contributed by atoms with Crippen molar-refractivity contribution in [2.45, 2.75) is 0 Å². The Labute approximate surface area is 143 Å². The van der Waals surface area contributed by atoms with Crippen molar-refractivity contribution in [1.29, 1.82) is 0 Å². The number of aromatic nitrogens is 5. The molecule has 0 atom stereocenters. The fourth-order valence-electron chi connectivity index (χ4n) is 2.91. The van der Waals surface area contributed by atoms with Crippen LogP contribution in [0.5, 0.6) is 0 Å². The summed E-state index contributed by atoms with van der Waals surface area (Å²) in [4.78, 5) is 13.6. The highest BCUT2D eigenvalue weighted by Gasteiger charge is 2.05. The summed E-state index contributed by atoms with van der Waals surface area (Å²) in [6.07, 6.45) is 7.47. The Morgan fingerprint density at radius 1 is 0.800 bits per heavy atom. The first-order valence-electron chi connectivity index (χ1n) is 8.01. The molecule has 0 aliphatic carbocycles. The minimum atomic E-state index is 0.645. The molecule has 5 aromatic rings. The molecule has 0 saturated carbocycles. The van der Waals surface area contributed by atoms with Crippen molar-refractivity contribution >= 4 is 39.6 Å². The van der Waals surface area contributed by atoms with Gasteiger partial charge >= 0.3 is 0 Å². The number of hydrogen-bond donors (Lipinski definition) is 0. The van der Waals surface area contributed by atoms with Gasteiger partial charge in [-0.15, -0.1) is 5.10 Å². The van der Waals surface area contributed by atoms with Crippen LogP contribution in [-0.4, -0.2) is 24.6 Å². The maximum atomic E-state index is 4.63. The zero-order valence-corrected chi connectivity index (χ0v) is 13.2. The molecule has 0 unspecified atom stereocenters. The van der Waals surface area contributed by atoms with Gasteiger partial charge in [0.15, 0.2) is 11.5 Å². The molecule has 25 heavy (non-hydrogen) atoms. The van der Waals surface area contributed by atoms with Gasteiger partial charge in [0.1, 0.15) is 0 Å². The summed E-state index contributed by atoms with van der Waals surface area (Å²) < 4.78 is 1.78. The molecule has 0 N–H and O–H groups in total. The molecule has 4 aromatic heterocycles. The molecule has 5 rings (SSSR count). The van der Waals surface area contributed by atoms with E-state index in [1.165, 1.54) is 0 Å². The first-order chi connectivity index (χ1) is 12.4. The van der Waals surface area contributed by atoms with E-state index in [1.807, 2.05) is 60.8 Å². The lowest BCUT2D eigenvalue weighted by Gasteiger charge is -1.97. The number of rotatable bonds is 2. The summed E-state index contributed by atoms with van der Waals surface area (Å²) in [7, 11) is 0. The van der Waals surface area contributed by atoms with E-state index < -0.39 is 0 Å². The van der Waals surface area contributed by atoms with Crippen LogP contribution in [0.4, 0.5) is 0 Å². The van der Waals surface area contributed by atoms with Gasteiger partial charge in [-0.05, 0) is 42.5 Å². The first-order valence-corrected chi connectivity index (χ1v) is 8.01. The van der Waals surface area contributed by atoms with Gasteiger partial charge in [-0.25, -0.2) is 14.5 Å². The van der Waals surface area contributed by atoms with E-state index in [-0.39, 0.29) is 0 Å². The molecule has 5 heteroatoms. The number of pyridine rings is 3.